The molecule has 9 nitrogen and oxygen atoms in total. The zero-order valence-electron chi connectivity index (χ0n) is 16.7. The molecule has 1 aliphatic rings. The highest BCUT2D eigenvalue weighted by atomic mass is 32.2. The molecule has 1 fully saturated rings. The zero-order chi connectivity index (χ0) is 21.7. The highest BCUT2D eigenvalue weighted by molar-refractivity contribution is 7.92. The molecule has 30 heavy (non-hydrogen) atoms. The largest absolute Gasteiger partial charge is 0.390 e. The third-order valence-electron chi connectivity index (χ3n) is 4.89. The van der Waals surface area contributed by atoms with Crippen LogP contribution in [0, 0.1) is 17.0 Å². The van der Waals surface area contributed by atoms with Crippen LogP contribution in [0.1, 0.15) is 5.56 Å². The van der Waals surface area contributed by atoms with Crippen LogP contribution in [0.5, 0.6) is 0 Å². The van der Waals surface area contributed by atoms with Gasteiger partial charge >= 0.3 is 0 Å². The Bertz CT molecular complexity index is 974. The van der Waals surface area contributed by atoms with E-state index in [2.05, 4.69) is 0 Å². The maximum Gasteiger partial charge on any atom is 0.271 e. The van der Waals surface area contributed by atoms with Crippen LogP contribution in [0.15, 0.2) is 53.4 Å². The predicted molar refractivity (Wildman–Crippen MR) is 112 cm³/mol. The molecule has 0 saturated carbocycles. The summed E-state index contributed by atoms with van der Waals surface area (Å²) in [5, 5.41) is 21.8. The van der Waals surface area contributed by atoms with Gasteiger partial charge in [0.25, 0.3) is 15.7 Å². The molecular weight excluding hydrogens is 410 g/mol. The zero-order valence-corrected chi connectivity index (χ0v) is 17.5. The van der Waals surface area contributed by atoms with Crippen LogP contribution >= 0.6 is 0 Å². The molecule has 0 bridgehead atoms. The summed E-state index contributed by atoms with van der Waals surface area (Å²) in [4.78, 5) is 12.7. The normalized spacial score (nSPS) is 16.2. The molecule has 1 atom stereocenters. The number of benzene rings is 2. The van der Waals surface area contributed by atoms with E-state index in [1.807, 2.05) is 11.8 Å². The van der Waals surface area contributed by atoms with Crippen molar-refractivity contribution < 1.29 is 23.2 Å². The fourth-order valence-corrected chi connectivity index (χ4v) is 4.77. The van der Waals surface area contributed by atoms with E-state index in [1.165, 1.54) is 36.4 Å². The predicted octanol–water partition coefficient (Wildman–Crippen LogP) is 1.79. The lowest BCUT2D eigenvalue weighted by atomic mass is 10.2. The summed E-state index contributed by atoms with van der Waals surface area (Å²) in [5.41, 5.74) is 0.813. The number of morpholine rings is 1. The second-order valence-electron chi connectivity index (χ2n) is 7.19. The van der Waals surface area contributed by atoms with Gasteiger partial charge in [0.2, 0.25) is 0 Å². The highest BCUT2D eigenvalue weighted by Gasteiger charge is 2.29. The highest BCUT2D eigenvalue weighted by Crippen LogP contribution is 2.27. The molecule has 10 heteroatoms. The van der Waals surface area contributed by atoms with E-state index >= 15 is 0 Å². The Morgan fingerprint density at radius 2 is 1.87 bits per heavy atom. The molecule has 0 amide bonds. The molecular formula is C20H25N3O6S. The van der Waals surface area contributed by atoms with Gasteiger partial charge in [0.05, 0.1) is 41.4 Å². The van der Waals surface area contributed by atoms with Gasteiger partial charge in [-0.15, -0.1) is 0 Å². The van der Waals surface area contributed by atoms with E-state index in [-0.39, 0.29) is 29.4 Å². The number of aliphatic hydroxyl groups excluding tert-OH is 1. The summed E-state index contributed by atoms with van der Waals surface area (Å²) in [6.45, 7) is 4.32. The van der Waals surface area contributed by atoms with Gasteiger partial charge in [-0.3, -0.25) is 19.3 Å². The van der Waals surface area contributed by atoms with Gasteiger partial charge in [-0.1, -0.05) is 23.8 Å². The second-order valence-corrected chi connectivity index (χ2v) is 9.06. The molecule has 1 heterocycles. The smallest absolute Gasteiger partial charge is 0.271 e. The minimum Gasteiger partial charge on any atom is -0.390 e. The van der Waals surface area contributed by atoms with Gasteiger partial charge in [0, 0.05) is 31.8 Å². The third kappa shape index (κ3) is 5.33. The standard InChI is InChI=1S/C20H25N3O6S/c1-16-5-7-20(8-6-16)30(27,28)22(17-3-2-4-18(13-17)23(25)26)15-19(24)14-21-9-11-29-12-10-21/h2-8,13,19,24H,9-12,14-15H2,1H3. The summed E-state index contributed by atoms with van der Waals surface area (Å²) < 4.78 is 33.1. The number of rotatable bonds is 8. The Morgan fingerprint density at radius 1 is 1.20 bits per heavy atom. The van der Waals surface area contributed by atoms with Crippen molar-refractivity contribution in [3.05, 3.63) is 64.2 Å². The third-order valence-corrected chi connectivity index (χ3v) is 6.69. The first-order valence-corrected chi connectivity index (χ1v) is 11.0. The number of hydrogen-bond acceptors (Lipinski definition) is 7. The van der Waals surface area contributed by atoms with Crippen LogP contribution in [0.4, 0.5) is 11.4 Å². The molecule has 2 aromatic rings. The number of aryl methyl sites for hydroxylation is 1. The number of ether oxygens (including phenoxy) is 1. The molecule has 1 unspecified atom stereocenters. The van der Waals surface area contributed by atoms with Gasteiger partial charge in [-0.05, 0) is 25.1 Å². The molecule has 1 saturated heterocycles. The molecule has 1 aliphatic heterocycles. The monoisotopic (exact) mass is 435 g/mol. The molecule has 0 aliphatic carbocycles. The number of nitro groups is 1. The van der Waals surface area contributed by atoms with Crippen LogP contribution < -0.4 is 4.31 Å². The number of anilines is 1. The fourth-order valence-electron chi connectivity index (χ4n) is 3.27. The lowest BCUT2D eigenvalue weighted by Crippen LogP contribution is -2.46. The van der Waals surface area contributed by atoms with Crippen molar-refractivity contribution in [1.29, 1.82) is 0 Å². The number of sulfonamides is 1. The first kappa shape index (κ1) is 22.2. The van der Waals surface area contributed by atoms with E-state index < -0.39 is 21.1 Å². The van der Waals surface area contributed by atoms with Crippen molar-refractivity contribution in [2.24, 2.45) is 0 Å². The fraction of sp³-hybridized carbons (Fsp3) is 0.400. The van der Waals surface area contributed by atoms with E-state index in [0.29, 0.717) is 26.3 Å². The van der Waals surface area contributed by atoms with Gasteiger partial charge < -0.3 is 9.84 Å². The minimum atomic E-state index is -4.04. The van der Waals surface area contributed by atoms with E-state index in [9.17, 15) is 23.6 Å². The number of nitro benzene ring substituents is 1. The number of nitrogens with zero attached hydrogens (tertiary/aromatic N) is 3. The van der Waals surface area contributed by atoms with E-state index in [1.54, 1.807) is 12.1 Å². The Morgan fingerprint density at radius 3 is 2.50 bits per heavy atom. The topological polar surface area (TPSA) is 113 Å². The van der Waals surface area contributed by atoms with Crippen molar-refractivity contribution >= 4 is 21.4 Å². The SMILES string of the molecule is Cc1ccc(S(=O)(=O)N(CC(O)CN2CCOCC2)c2cccc([N+](=O)[O-])c2)cc1. The Labute approximate surface area is 175 Å². The molecule has 162 valence electrons. The molecule has 3 rings (SSSR count). The minimum absolute atomic E-state index is 0.0539. The van der Waals surface area contributed by atoms with E-state index in [0.717, 1.165) is 9.87 Å². The average Bonchev–Trinajstić information content (AvgIpc) is 2.73. The average molecular weight is 436 g/mol. The van der Waals surface area contributed by atoms with E-state index in [4.69, 9.17) is 4.74 Å². The van der Waals surface area contributed by atoms with Crippen LogP contribution in [0.3, 0.4) is 0 Å². The van der Waals surface area contributed by atoms with Crippen molar-refractivity contribution in [3.63, 3.8) is 0 Å². The maximum absolute atomic E-state index is 13.4. The van der Waals surface area contributed by atoms with Gasteiger partial charge in [0.1, 0.15) is 0 Å². The molecule has 0 spiro atoms. The lowest BCUT2D eigenvalue weighted by Gasteiger charge is -2.31. The Balaban J connectivity index is 1.92. The number of non-ortho nitro benzene ring substituents is 1. The van der Waals surface area contributed by atoms with Gasteiger partial charge in [-0.2, -0.15) is 0 Å². The quantitative estimate of drug-likeness (QED) is 0.497. The summed E-state index contributed by atoms with van der Waals surface area (Å²) >= 11 is 0. The number of hydrogen-bond donors (Lipinski definition) is 1. The van der Waals surface area contributed by atoms with Crippen molar-refractivity contribution in [2.75, 3.05) is 43.7 Å². The molecule has 0 radical (unpaired) electrons. The van der Waals surface area contributed by atoms with Gasteiger partial charge in [0.15, 0.2) is 0 Å². The van der Waals surface area contributed by atoms with Crippen molar-refractivity contribution in [3.8, 4) is 0 Å². The van der Waals surface area contributed by atoms with Crippen LogP contribution in [0.2, 0.25) is 0 Å². The Hall–Kier alpha value is -2.53. The summed E-state index contributed by atoms with van der Waals surface area (Å²) in [7, 11) is -4.04. The van der Waals surface area contributed by atoms with Crippen molar-refractivity contribution in [1.82, 2.24) is 4.90 Å². The first-order valence-electron chi connectivity index (χ1n) is 9.59. The molecule has 0 aromatic heterocycles. The molecule has 1 N–H and O–H groups in total. The first-order chi connectivity index (χ1) is 14.3. The number of β-amino-alcohol motifs (C(OH)–C–C–N with tert-alkyl or cyclic N) is 1. The van der Waals surface area contributed by atoms with Gasteiger partial charge in [-0.25, -0.2) is 8.42 Å². The summed E-state index contributed by atoms with van der Waals surface area (Å²) in [5.74, 6) is 0. The van der Waals surface area contributed by atoms with Crippen LogP contribution in [0.25, 0.3) is 0 Å². The van der Waals surface area contributed by atoms with Crippen LogP contribution in [-0.2, 0) is 14.8 Å². The summed E-state index contributed by atoms with van der Waals surface area (Å²) in [6.07, 6.45) is -0.984. The Kier molecular flexibility index (Phi) is 7.03. The maximum atomic E-state index is 13.4. The number of aliphatic hydroxyl groups is 1. The summed E-state index contributed by atoms with van der Waals surface area (Å²) in [6, 6.07) is 11.8. The van der Waals surface area contributed by atoms with Crippen molar-refractivity contribution in [2.45, 2.75) is 17.9 Å². The molecule has 2 aromatic carbocycles. The van der Waals surface area contributed by atoms with Crippen LogP contribution in [-0.4, -0.2) is 68.8 Å². The lowest BCUT2D eigenvalue weighted by molar-refractivity contribution is -0.384. The second kappa shape index (κ2) is 9.52.